The molecule has 2 aromatic heterocycles. The molecule has 1 aromatic carbocycles. The van der Waals surface area contributed by atoms with Gasteiger partial charge >= 0.3 is 5.97 Å². The molecule has 0 aliphatic carbocycles. The maximum Gasteiger partial charge on any atom is 0.307 e. The Bertz CT molecular complexity index is 1000. The van der Waals surface area contributed by atoms with Crippen LogP contribution in [-0.2, 0) is 22.3 Å². The van der Waals surface area contributed by atoms with Crippen LogP contribution in [0.25, 0.3) is 0 Å². The van der Waals surface area contributed by atoms with Crippen LogP contribution >= 0.6 is 23.4 Å². The molecule has 1 atom stereocenters. The molecule has 1 N–H and O–H groups in total. The van der Waals surface area contributed by atoms with E-state index in [4.69, 9.17) is 20.8 Å². The van der Waals surface area contributed by atoms with Gasteiger partial charge in [0.1, 0.15) is 5.76 Å². The van der Waals surface area contributed by atoms with Crippen molar-refractivity contribution in [2.45, 2.75) is 23.4 Å². The van der Waals surface area contributed by atoms with E-state index in [0.717, 1.165) is 5.16 Å². The van der Waals surface area contributed by atoms with Gasteiger partial charge in [0.15, 0.2) is 10.9 Å². The number of amides is 1. The van der Waals surface area contributed by atoms with E-state index in [1.807, 2.05) is 17.8 Å². The monoisotopic (exact) mass is 433 g/mol. The number of methoxy groups -OCH3 is 1. The highest BCUT2D eigenvalue weighted by Crippen LogP contribution is 2.26. The molecule has 0 saturated carbocycles. The number of imidazole rings is 1. The van der Waals surface area contributed by atoms with E-state index in [9.17, 15) is 9.59 Å². The zero-order valence-corrected chi connectivity index (χ0v) is 17.5. The van der Waals surface area contributed by atoms with E-state index in [2.05, 4.69) is 10.3 Å². The summed E-state index contributed by atoms with van der Waals surface area (Å²) in [6.45, 7) is 0. The number of nitrogens with zero attached hydrogens (tertiary/aromatic N) is 2. The molecule has 1 amide bonds. The fraction of sp³-hybridized carbons (Fsp3) is 0.250. The number of carbonyl (C=O) groups is 2. The minimum absolute atomic E-state index is 0.0471. The molecule has 0 aliphatic rings. The third kappa shape index (κ3) is 5.42. The van der Waals surface area contributed by atoms with Crippen molar-refractivity contribution < 1.29 is 18.7 Å². The predicted molar refractivity (Wildman–Crippen MR) is 110 cm³/mol. The van der Waals surface area contributed by atoms with Crippen LogP contribution in [0.2, 0.25) is 5.02 Å². The highest BCUT2D eigenvalue weighted by atomic mass is 35.5. The largest absolute Gasteiger partial charge is 0.469 e. The van der Waals surface area contributed by atoms with Gasteiger partial charge < -0.3 is 19.0 Å². The van der Waals surface area contributed by atoms with Crippen molar-refractivity contribution in [3.8, 4) is 0 Å². The van der Waals surface area contributed by atoms with E-state index in [1.165, 1.54) is 18.9 Å². The van der Waals surface area contributed by atoms with Crippen molar-refractivity contribution in [2.75, 3.05) is 7.11 Å². The fourth-order valence-corrected chi connectivity index (χ4v) is 3.77. The molecule has 3 aromatic rings. The Morgan fingerprint density at radius 1 is 1.31 bits per heavy atom. The number of hydrogen-bond donors (Lipinski definition) is 1. The number of nitrogens with one attached hydrogen (secondary N) is 1. The van der Waals surface area contributed by atoms with Crippen LogP contribution in [0.5, 0.6) is 0 Å². The van der Waals surface area contributed by atoms with Crippen molar-refractivity contribution in [2.24, 2.45) is 7.05 Å². The smallest absolute Gasteiger partial charge is 0.307 e. The Kier molecular flexibility index (Phi) is 7.00. The van der Waals surface area contributed by atoms with Gasteiger partial charge in [-0.05, 0) is 23.8 Å². The predicted octanol–water partition coefficient (Wildman–Crippen LogP) is 3.99. The van der Waals surface area contributed by atoms with Gasteiger partial charge in [-0.25, -0.2) is 4.98 Å². The first kappa shape index (κ1) is 21.0. The standard InChI is InChI=1S/C20H20ClN3O4S/c1-24-10-9-22-20(24)29-12-13-7-8-17(28-13)19(26)23-16(11-18(25)27-2)14-5-3-4-6-15(14)21/h3-10,16H,11-12H2,1-2H3,(H,23,26). The zero-order chi connectivity index (χ0) is 20.8. The lowest BCUT2D eigenvalue weighted by Crippen LogP contribution is -2.30. The maximum atomic E-state index is 12.7. The van der Waals surface area contributed by atoms with Crippen molar-refractivity contribution in [3.63, 3.8) is 0 Å². The van der Waals surface area contributed by atoms with Crippen LogP contribution in [0, 0.1) is 0 Å². The molecular weight excluding hydrogens is 414 g/mol. The maximum absolute atomic E-state index is 12.7. The van der Waals surface area contributed by atoms with Crippen LogP contribution in [-0.4, -0.2) is 28.5 Å². The first-order valence-corrected chi connectivity index (χ1v) is 10.1. The second-order valence-corrected chi connectivity index (χ2v) is 7.55. The second-order valence-electron chi connectivity index (χ2n) is 6.20. The first-order valence-electron chi connectivity index (χ1n) is 8.79. The molecule has 0 radical (unpaired) electrons. The first-order chi connectivity index (χ1) is 14.0. The molecule has 3 rings (SSSR count). The van der Waals surface area contributed by atoms with Crippen LogP contribution in [0.4, 0.5) is 0 Å². The number of aryl methyl sites for hydroxylation is 1. The van der Waals surface area contributed by atoms with Crippen molar-refractivity contribution in [1.82, 2.24) is 14.9 Å². The van der Waals surface area contributed by atoms with E-state index in [1.54, 1.807) is 42.6 Å². The number of hydrogen-bond acceptors (Lipinski definition) is 6. The number of carbonyl (C=O) groups excluding carboxylic acids is 2. The summed E-state index contributed by atoms with van der Waals surface area (Å²) < 4.78 is 12.3. The Morgan fingerprint density at radius 2 is 2.10 bits per heavy atom. The van der Waals surface area contributed by atoms with E-state index in [0.29, 0.717) is 22.1 Å². The van der Waals surface area contributed by atoms with Gasteiger partial charge in [-0.3, -0.25) is 9.59 Å². The number of halogens is 1. The SMILES string of the molecule is COC(=O)CC(NC(=O)c1ccc(CSc2nccn2C)o1)c1ccccc1Cl. The number of thioether (sulfide) groups is 1. The molecule has 152 valence electrons. The van der Waals surface area contributed by atoms with Crippen LogP contribution < -0.4 is 5.32 Å². The lowest BCUT2D eigenvalue weighted by molar-refractivity contribution is -0.141. The van der Waals surface area contributed by atoms with Crippen LogP contribution in [0.1, 0.15) is 34.3 Å². The van der Waals surface area contributed by atoms with Crippen molar-refractivity contribution in [1.29, 1.82) is 0 Å². The summed E-state index contributed by atoms with van der Waals surface area (Å²) in [5.74, 6) is 0.440. The Hall–Kier alpha value is -2.71. The van der Waals surface area contributed by atoms with Gasteiger partial charge in [-0.15, -0.1) is 0 Å². The number of ether oxygens (including phenoxy) is 1. The molecule has 2 heterocycles. The molecule has 0 saturated heterocycles. The third-order valence-corrected chi connectivity index (χ3v) is 5.62. The number of rotatable bonds is 8. The molecule has 7 nitrogen and oxygen atoms in total. The van der Waals surface area contributed by atoms with Crippen LogP contribution in [0.3, 0.4) is 0 Å². The summed E-state index contributed by atoms with van der Waals surface area (Å²) in [5, 5.41) is 4.11. The topological polar surface area (TPSA) is 86.4 Å². The fourth-order valence-electron chi connectivity index (χ4n) is 2.68. The summed E-state index contributed by atoms with van der Waals surface area (Å²) in [4.78, 5) is 28.7. The molecule has 9 heteroatoms. The quantitative estimate of drug-likeness (QED) is 0.427. The van der Waals surface area contributed by atoms with Gasteiger partial charge in [0.05, 0.1) is 25.3 Å². The number of esters is 1. The molecule has 1 unspecified atom stereocenters. The highest BCUT2D eigenvalue weighted by Gasteiger charge is 2.23. The lowest BCUT2D eigenvalue weighted by atomic mass is 10.0. The number of furan rings is 1. The van der Waals surface area contributed by atoms with Gasteiger partial charge in [0, 0.05) is 24.5 Å². The summed E-state index contributed by atoms with van der Waals surface area (Å²) in [5.41, 5.74) is 0.630. The second kappa shape index (κ2) is 9.67. The lowest BCUT2D eigenvalue weighted by Gasteiger charge is -2.18. The van der Waals surface area contributed by atoms with Gasteiger partial charge in [0.25, 0.3) is 5.91 Å². The number of aromatic nitrogens is 2. The molecule has 0 spiro atoms. The Labute approximate surface area is 177 Å². The van der Waals surface area contributed by atoms with Crippen molar-refractivity contribution in [3.05, 3.63) is 70.9 Å². The van der Waals surface area contributed by atoms with Gasteiger partial charge in [-0.1, -0.05) is 41.6 Å². The molecule has 0 aliphatic heterocycles. The Balaban J connectivity index is 1.69. The third-order valence-electron chi connectivity index (χ3n) is 4.19. The van der Waals surface area contributed by atoms with E-state index in [-0.39, 0.29) is 12.2 Å². The van der Waals surface area contributed by atoms with Gasteiger partial charge in [-0.2, -0.15) is 0 Å². The van der Waals surface area contributed by atoms with Crippen molar-refractivity contribution >= 4 is 35.2 Å². The number of benzene rings is 1. The average Bonchev–Trinajstić information content (AvgIpc) is 3.35. The van der Waals surface area contributed by atoms with E-state index >= 15 is 0 Å². The van der Waals surface area contributed by atoms with Crippen LogP contribution in [0.15, 0.2) is 58.4 Å². The molecular formula is C20H20ClN3O4S. The molecule has 0 fully saturated rings. The summed E-state index contributed by atoms with van der Waals surface area (Å²) >= 11 is 7.75. The summed E-state index contributed by atoms with van der Waals surface area (Å²) in [7, 11) is 3.21. The summed E-state index contributed by atoms with van der Waals surface area (Å²) in [6, 6.07) is 9.74. The molecule has 29 heavy (non-hydrogen) atoms. The summed E-state index contributed by atoms with van der Waals surface area (Å²) in [6.07, 6.45) is 3.54. The minimum Gasteiger partial charge on any atom is -0.469 e. The Morgan fingerprint density at radius 3 is 2.79 bits per heavy atom. The average molecular weight is 434 g/mol. The minimum atomic E-state index is -0.640. The zero-order valence-electron chi connectivity index (χ0n) is 15.9. The van der Waals surface area contributed by atoms with E-state index < -0.39 is 17.9 Å². The van der Waals surface area contributed by atoms with Gasteiger partial charge in [0.2, 0.25) is 0 Å². The normalized spacial score (nSPS) is 11.8. The highest BCUT2D eigenvalue weighted by molar-refractivity contribution is 7.98. The molecule has 0 bridgehead atoms.